The van der Waals surface area contributed by atoms with E-state index in [9.17, 15) is 4.79 Å². The summed E-state index contributed by atoms with van der Waals surface area (Å²) in [5.41, 5.74) is 0.992. The number of methoxy groups -OCH3 is 2. The number of hydrogen-bond donors (Lipinski definition) is 0. The van der Waals surface area contributed by atoms with Crippen molar-refractivity contribution in [3.8, 4) is 11.5 Å². The molecule has 0 spiro atoms. The highest BCUT2D eigenvalue weighted by molar-refractivity contribution is 6.17. The normalized spacial score (nSPS) is 11.2. The van der Waals surface area contributed by atoms with Crippen LogP contribution in [0.4, 0.5) is 0 Å². The van der Waals surface area contributed by atoms with E-state index in [2.05, 4.69) is 0 Å². The molecule has 0 aliphatic heterocycles. The van der Waals surface area contributed by atoms with Gasteiger partial charge in [-0.25, -0.2) is 0 Å². The van der Waals surface area contributed by atoms with Crippen LogP contribution in [0.15, 0.2) is 59.4 Å². The Morgan fingerprint density at radius 2 is 1.73 bits per heavy atom. The SMILES string of the molecule is COC(OC)c1cc2ccc(Oc3ccccc3)cc2n(CCCl)c1=O. The lowest BCUT2D eigenvalue weighted by molar-refractivity contribution is -0.106. The minimum atomic E-state index is -0.728. The summed E-state index contributed by atoms with van der Waals surface area (Å²) in [6.45, 7) is 0.375. The van der Waals surface area contributed by atoms with E-state index < -0.39 is 6.29 Å². The van der Waals surface area contributed by atoms with E-state index in [0.29, 0.717) is 23.7 Å². The lowest BCUT2D eigenvalue weighted by Crippen LogP contribution is -2.27. The quantitative estimate of drug-likeness (QED) is 0.457. The van der Waals surface area contributed by atoms with Crippen LogP contribution in [0.3, 0.4) is 0 Å². The van der Waals surface area contributed by atoms with Gasteiger partial charge in [-0.3, -0.25) is 4.79 Å². The maximum Gasteiger partial charge on any atom is 0.259 e. The molecule has 0 aliphatic rings. The lowest BCUT2D eigenvalue weighted by atomic mass is 10.1. The molecule has 0 radical (unpaired) electrons. The summed E-state index contributed by atoms with van der Waals surface area (Å²) >= 11 is 5.92. The molecule has 0 bridgehead atoms. The van der Waals surface area contributed by atoms with Crippen LogP contribution in [0.2, 0.25) is 0 Å². The summed E-state index contributed by atoms with van der Waals surface area (Å²) in [6.07, 6.45) is -0.728. The maximum atomic E-state index is 12.9. The van der Waals surface area contributed by atoms with Crippen LogP contribution in [0.25, 0.3) is 10.9 Å². The molecule has 1 aromatic heterocycles. The van der Waals surface area contributed by atoms with Crippen LogP contribution < -0.4 is 10.3 Å². The molecule has 3 rings (SSSR count). The van der Waals surface area contributed by atoms with Gasteiger partial charge in [0.2, 0.25) is 0 Å². The number of benzene rings is 2. The summed E-state index contributed by atoms with van der Waals surface area (Å²) in [7, 11) is 3.00. The molecule has 0 atom stereocenters. The number of nitrogens with zero attached hydrogens (tertiary/aromatic N) is 1. The molecule has 0 saturated carbocycles. The van der Waals surface area contributed by atoms with Gasteiger partial charge >= 0.3 is 0 Å². The van der Waals surface area contributed by atoms with Gasteiger partial charge in [0, 0.05) is 32.7 Å². The summed E-state index contributed by atoms with van der Waals surface area (Å²) in [5.74, 6) is 1.69. The van der Waals surface area contributed by atoms with Crippen molar-refractivity contribution >= 4 is 22.5 Å². The van der Waals surface area contributed by atoms with Gasteiger partial charge in [0.15, 0.2) is 6.29 Å². The molecule has 0 saturated heterocycles. The summed E-state index contributed by atoms with van der Waals surface area (Å²) < 4.78 is 18.0. The third-order valence-corrected chi connectivity index (χ3v) is 4.23. The minimum absolute atomic E-state index is 0.191. The smallest absolute Gasteiger partial charge is 0.259 e. The van der Waals surface area contributed by atoms with Gasteiger partial charge in [-0.05, 0) is 35.7 Å². The molecule has 0 unspecified atom stereocenters. The fourth-order valence-electron chi connectivity index (χ4n) is 2.89. The second-order valence-electron chi connectivity index (χ2n) is 5.68. The molecular weight excluding hydrogens is 354 g/mol. The molecule has 6 heteroatoms. The highest BCUT2D eigenvalue weighted by Crippen LogP contribution is 2.27. The number of aryl methyl sites for hydroxylation is 1. The summed E-state index contributed by atoms with van der Waals surface area (Å²) in [6, 6.07) is 16.9. The third-order valence-electron chi connectivity index (χ3n) is 4.06. The molecule has 0 fully saturated rings. The number of rotatable bonds is 7. The minimum Gasteiger partial charge on any atom is -0.457 e. The van der Waals surface area contributed by atoms with Gasteiger partial charge in [-0.1, -0.05) is 18.2 Å². The molecule has 3 aromatic rings. The van der Waals surface area contributed by atoms with Crippen LogP contribution >= 0.6 is 11.6 Å². The first-order valence-electron chi connectivity index (χ1n) is 8.20. The van der Waals surface area contributed by atoms with Crippen molar-refractivity contribution in [2.45, 2.75) is 12.8 Å². The van der Waals surface area contributed by atoms with E-state index in [1.165, 1.54) is 14.2 Å². The molecule has 136 valence electrons. The topological polar surface area (TPSA) is 49.7 Å². The van der Waals surface area contributed by atoms with E-state index in [4.69, 9.17) is 25.8 Å². The standard InChI is InChI=1S/C20H20ClNO4/c1-24-20(25-2)17-12-14-8-9-16(26-15-6-4-3-5-7-15)13-18(14)22(11-10-21)19(17)23/h3-9,12-13,20H,10-11H2,1-2H3. The van der Waals surface area contributed by atoms with Gasteiger partial charge in [-0.15, -0.1) is 11.6 Å². The Kier molecular flexibility index (Phi) is 5.93. The number of ether oxygens (including phenoxy) is 3. The zero-order valence-electron chi connectivity index (χ0n) is 14.6. The Morgan fingerprint density at radius 3 is 2.38 bits per heavy atom. The first kappa shape index (κ1) is 18.5. The van der Waals surface area contributed by atoms with Gasteiger partial charge < -0.3 is 18.8 Å². The maximum absolute atomic E-state index is 12.9. The number of hydrogen-bond acceptors (Lipinski definition) is 4. The van der Waals surface area contributed by atoms with Gasteiger partial charge in [0.1, 0.15) is 11.5 Å². The van der Waals surface area contributed by atoms with Gasteiger partial charge in [-0.2, -0.15) is 0 Å². The van der Waals surface area contributed by atoms with Crippen LogP contribution in [-0.2, 0) is 16.0 Å². The zero-order chi connectivity index (χ0) is 18.5. The molecule has 0 aliphatic carbocycles. The van der Waals surface area contributed by atoms with E-state index >= 15 is 0 Å². The molecule has 5 nitrogen and oxygen atoms in total. The van der Waals surface area contributed by atoms with E-state index in [0.717, 1.165) is 16.7 Å². The van der Waals surface area contributed by atoms with Gasteiger partial charge in [0.05, 0.1) is 11.1 Å². The molecular formula is C20H20ClNO4. The number of halogens is 1. The number of pyridine rings is 1. The molecule has 0 N–H and O–H groups in total. The van der Waals surface area contributed by atoms with Crippen molar-refractivity contribution in [1.29, 1.82) is 0 Å². The Balaban J connectivity index is 2.12. The lowest BCUT2D eigenvalue weighted by Gasteiger charge is -2.17. The first-order chi connectivity index (χ1) is 12.7. The van der Waals surface area contributed by atoms with Crippen molar-refractivity contribution in [2.24, 2.45) is 0 Å². The second kappa shape index (κ2) is 8.36. The highest BCUT2D eigenvalue weighted by Gasteiger charge is 2.18. The monoisotopic (exact) mass is 373 g/mol. The highest BCUT2D eigenvalue weighted by atomic mass is 35.5. The van der Waals surface area contributed by atoms with Crippen LogP contribution in [-0.4, -0.2) is 24.7 Å². The molecule has 1 heterocycles. The zero-order valence-corrected chi connectivity index (χ0v) is 15.4. The van der Waals surface area contributed by atoms with Crippen molar-refractivity contribution in [3.05, 3.63) is 70.5 Å². The number of alkyl halides is 1. The molecule has 0 amide bonds. The summed E-state index contributed by atoms with van der Waals surface area (Å²) in [4.78, 5) is 12.9. The van der Waals surface area contributed by atoms with Gasteiger partial charge in [0.25, 0.3) is 5.56 Å². The van der Waals surface area contributed by atoms with Crippen molar-refractivity contribution < 1.29 is 14.2 Å². The Labute approximate surface area is 156 Å². The van der Waals surface area contributed by atoms with E-state index in [-0.39, 0.29) is 5.56 Å². The molecule has 26 heavy (non-hydrogen) atoms. The van der Waals surface area contributed by atoms with E-state index in [1.54, 1.807) is 10.6 Å². The Bertz CT molecular complexity index is 936. The number of para-hydroxylation sites is 1. The fraction of sp³-hybridized carbons (Fsp3) is 0.250. The van der Waals surface area contributed by atoms with Crippen molar-refractivity contribution in [1.82, 2.24) is 4.57 Å². The average molecular weight is 374 g/mol. The van der Waals surface area contributed by atoms with Crippen molar-refractivity contribution in [2.75, 3.05) is 20.1 Å². The van der Waals surface area contributed by atoms with Crippen molar-refractivity contribution in [3.63, 3.8) is 0 Å². The third kappa shape index (κ3) is 3.75. The number of aromatic nitrogens is 1. The van der Waals surface area contributed by atoms with Crippen LogP contribution in [0.1, 0.15) is 11.9 Å². The Morgan fingerprint density at radius 1 is 1.00 bits per heavy atom. The Hall–Kier alpha value is -2.34. The largest absolute Gasteiger partial charge is 0.457 e. The second-order valence-corrected chi connectivity index (χ2v) is 6.06. The predicted octanol–water partition coefficient (Wildman–Crippen LogP) is 4.32. The number of fused-ring (bicyclic) bond motifs is 1. The average Bonchev–Trinajstić information content (AvgIpc) is 2.67. The first-order valence-corrected chi connectivity index (χ1v) is 8.73. The molecule has 2 aromatic carbocycles. The van der Waals surface area contributed by atoms with Crippen LogP contribution in [0.5, 0.6) is 11.5 Å². The summed E-state index contributed by atoms with van der Waals surface area (Å²) in [5, 5.41) is 0.879. The fourth-order valence-corrected chi connectivity index (χ4v) is 3.06. The van der Waals surface area contributed by atoms with Crippen LogP contribution in [0, 0.1) is 0 Å². The van der Waals surface area contributed by atoms with E-state index in [1.807, 2.05) is 48.5 Å². The predicted molar refractivity (Wildman–Crippen MR) is 102 cm³/mol.